The van der Waals surface area contributed by atoms with Crippen LogP contribution in [-0.4, -0.2) is 36.1 Å². The summed E-state index contributed by atoms with van der Waals surface area (Å²) in [6.07, 6.45) is 3.72. The van der Waals surface area contributed by atoms with Gasteiger partial charge in [0.05, 0.1) is 0 Å². The van der Waals surface area contributed by atoms with Crippen LogP contribution in [-0.2, 0) is 0 Å². The summed E-state index contributed by atoms with van der Waals surface area (Å²) < 4.78 is 5.65. The normalized spacial score (nSPS) is 20.8. The van der Waals surface area contributed by atoms with Crippen molar-refractivity contribution in [2.45, 2.75) is 25.3 Å². The smallest absolute Gasteiger partial charge is 0.214 e. The summed E-state index contributed by atoms with van der Waals surface area (Å²) in [6, 6.07) is 7.75. The van der Waals surface area contributed by atoms with E-state index in [4.69, 9.17) is 10.00 Å². The molecule has 1 aliphatic heterocycles. The number of nitriles is 1. The minimum Gasteiger partial charge on any atom is -0.476 e. The molecular weight excluding hydrogens is 214 g/mol. The summed E-state index contributed by atoms with van der Waals surface area (Å²) in [5.41, 5.74) is 0.402. The van der Waals surface area contributed by atoms with E-state index in [0.717, 1.165) is 6.54 Å². The van der Waals surface area contributed by atoms with Crippen LogP contribution in [0, 0.1) is 11.3 Å². The van der Waals surface area contributed by atoms with Crippen LogP contribution in [0.5, 0.6) is 5.88 Å². The first-order valence-electron chi connectivity index (χ1n) is 6.00. The second-order valence-corrected chi connectivity index (χ2v) is 4.41. The van der Waals surface area contributed by atoms with E-state index in [1.807, 2.05) is 6.07 Å². The maximum Gasteiger partial charge on any atom is 0.214 e. The van der Waals surface area contributed by atoms with Gasteiger partial charge in [-0.2, -0.15) is 5.26 Å². The Kier molecular flexibility index (Phi) is 3.94. The van der Waals surface area contributed by atoms with Gasteiger partial charge in [-0.25, -0.2) is 4.98 Å². The number of pyridine rings is 1. The third-order valence-corrected chi connectivity index (χ3v) is 3.18. The van der Waals surface area contributed by atoms with Crippen LogP contribution in [0.15, 0.2) is 18.2 Å². The van der Waals surface area contributed by atoms with Gasteiger partial charge < -0.3 is 9.64 Å². The van der Waals surface area contributed by atoms with Gasteiger partial charge in [0.1, 0.15) is 18.4 Å². The van der Waals surface area contributed by atoms with Crippen molar-refractivity contribution in [1.29, 1.82) is 5.26 Å². The molecule has 0 saturated carbocycles. The number of hydrogen-bond acceptors (Lipinski definition) is 4. The van der Waals surface area contributed by atoms with Crippen LogP contribution in [0.25, 0.3) is 0 Å². The molecule has 4 nitrogen and oxygen atoms in total. The van der Waals surface area contributed by atoms with Crippen LogP contribution in [0.3, 0.4) is 0 Å². The molecule has 0 aromatic carbocycles. The van der Waals surface area contributed by atoms with E-state index < -0.39 is 0 Å². The molecule has 90 valence electrons. The highest BCUT2D eigenvalue weighted by Gasteiger charge is 2.19. The van der Waals surface area contributed by atoms with E-state index in [0.29, 0.717) is 24.2 Å². The number of hydrogen-bond donors (Lipinski definition) is 0. The van der Waals surface area contributed by atoms with Gasteiger partial charge in [-0.1, -0.05) is 12.5 Å². The van der Waals surface area contributed by atoms with Crippen molar-refractivity contribution in [3.63, 3.8) is 0 Å². The average Bonchev–Trinajstić information content (AvgIpc) is 2.38. The molecule has 1 atom stereocenters. The molecule has 1 aromatic rings. The van der Waals surface area contributed by atoms with Gasteiger partial charge in [0.2, 0.25) is 5.88 Å². The van der Waals surface area contributed by atoms with E-state index in [9.17, 15) is 0 Å². The zero-order chi connectivity index (χ0) is 12.1. The monoisotopic (exact) mass is 231 g/mol. The Balaban J connectivity index is 1.90. The Morgan fingerprint density at radius 3 is 3.18 bits per heavy atom. The number of piperidine rings is 1. The van der Waals surface area contributed by atoms with Crippen LogP contribution in [0.2, 0.25) is 0 Å². The lowest BCUT2D eigenvalue weighted by atomic mass is 10.0. The van der Waals surface area contributed by atoms with Gasteiger partial charge in [-0.05, 0) is 32.5 Å². The molecule has 0 amide bonds. The van der Waals surface area contributed by atoms with E-state index in [1.54, 1.807) is 18.2 Å². The first kappa shape index (κ1) is 11.9. The fourth-order valence-corrected chi connectivity index (χ4v) is 2.09. The zero-order valence-electron chi connectivity index (χ0n) is 10.1. The standard InChI is InChI=1S/C13H17N3O/c1-16-8-3-2-6-12(16)10-17-13-7-4-5-11(9-14)15-13/h4-5,7,12H,2-3,6,8,10H2,1H3. The van der Waals surface area contributed by atoms with Crippen molar-refractivity contribution in [1.82, 2.24) is 9.88 Å². The minimum absolute atomic E-state index is 0.402. The van der Waals surface area contributed by atoms with Gasteiger partial charge in [0.25, 0.3) is 0 Å². The molecule has 0 aliphatic carbocycles. The van der Waals surface area contributed by atoms with Crippen LogP contribution in [0.4, 0.5) is 0 Å². The molecule has 2 heterocycles. The number of likely N-dealkylation sites (tertiary alicyclic amines) is 1. The van der Waals surface area contributed by atoms with Gasteiger partial charge in [0.15, 0.2) is 0 Å². The van der Waals surface area contributed by atoms with Crippen molar-refractivity contribution >= 4 is 0 Å². The molecule has 0 spiro atoms. The Bertz CT molecular complexity index is 413. The van der Waals surface area contributed by atoms with Crippen molar-refractivity contribution in [2.24, 2.45) is 0 Å². The lowest BCUT2D eigenvalue weighted by Gasteiger charge is -2.31. The average molecular weight is 231 g/mol. The fraction of sp³-hybridized carbons (Fsp3) is 0.538. The molecular formula is C13H17N3O. The van der Waals surface area contributed by atoms with Crippen molar-refractivity contribution in [2.75, 3.05) is 20.2 Å². The summed E-state index contributed by atoms with van der Waals surface area (Å²) in [5.74, 6) is 0.544. The molecule has 17 heavy (non-hydrogen) atoms. The second-order valence-electron chi connectivity index (χ2n) is 4.41. The molecule has 4 heteroatoms. The summed E-state index contributed by atoms with van der Waals surface area (Å²) in [4.78, 5) is 6.43. The number of rotatable bonds is 3. The van der Waals surface area contributed by atoms with Gasteiger partial charge >= 0.3 is 0 Å². The van der Waals surface area contributed by atoms with Gasteiger partial charge in [-0.3, -0.25) is 0 Å². The number of nitrogens with zero attached hydrogens (tertiary/aromatic N) is 3. The second kappa shape index (κ2) is 5.65. The fourth-order valence-electron chi connectivity index (χ4n) is 2.09. The Morgan fingerprint density at radius 2 is 2.41 bits per heavy atom. The molecule has 0 radical (unpaired) electrons. The molecule has 0 N–H and O–H groups in total. The van der Waals surface area contributed by atoms with Crippen LogP contribution in [0.1, 0.15) is 25.0 Å². The predicted molar refractivity (Wildman–Crippen MR) is 64.7 cm³/mol. The summed E-state index contributed by atoms with van der Waals surface area (Å²) in [7, 11) is 2.13. The SMILES string of the molecule is CN1CCCCC1COc1cccc(C#N)n1. The van der Waals surface area contributed by atoms with Crippen molar-refractivity contribution in [3.8, 4) is 11.9 Å². The van der Waals surface area contributed by atoms with E-state index in [2.05, 4.69) is 16.9 Å². The van der Waals surface area contributed by atoms with E-state index in [1.165, 1.54) is 19.3 Å². The molecule has 1 unspecified atom stereocenters. The first-order chi connectivity index (χ1) is 8.29. The molecule has 1 saturated heterocycles. The number of ether oxygens (including phenoxy) is 1. The molecule has 1 fully saturated rings. The predicted octanol–water partition coefficient (Wildman–Crippen LogP) is 1.82. The lowest BCUT2D eigenvalue weighted by Crippen LogP contribution is -2.40. The van der Waals surface area contributed by atoms with Crippen LogP contribution >= 0.6 is 0 Å². The van der Waals surface area contributed by atoms with Crippen LogP contribution < -0.4 is 4.74 Å². The van der Waals surface area contributed by atoms with E-state index in [-0.39, 0.29) is 0 Å². The highest BCUT2D eigenvalue weighted by atomic mass is 16.5. The number of aromatic nitrogens is 1. The largest absolute Gasteiger partial charge is 0.476 e. The summed E-state index contributed by atoms with van der Waals surface area (Å²) in [5, 5.41) is 8.74. The van der Waals surface area contributed by atoms with Gasteiger partial charge in [0, 0.05) is 12.1 Å². The Morgan fingerprint density at radius 1 is 1.53 bits per heavy atom. The maximum atomic E-state index is 8.74. The Hall–Kier alpha value is -1.60. The first-order valence-corrected chi connectivity index (χ1v) is 6.00. The maximum absolute atomic E-state index is 8.74. The molecule has 1 aliphatic rings. The molecule has 2 rings (SSSR count). The Labute approximate surface area is 102 Å². The van der Waals surface area contributed by atoms with Gasteiger partial charge in [-0.15, -0.1) is 0 Å². The highest BCUT2D eigenvalue weighted by molar-refractivity contribution is 5.24. The summed E-state index contributed by atoms with van der Waals surface area (Å²) in [6.45, 7) is 1.79. The quantitative estimate of drug-likeness (QED) is 0.796. The minimum atomic E-state index is 0.402. The summed E-state index contributed by atoms with van der Waals surface area (Å²) >= 11 is 0. The third-order valence-electron chi connectivity index (χ3n) is 3.18. The third kappa shape index (κ3) is 3.18. The molecule has 0 bridgehead atoms. The topological polar surface area (TPSA) is 49.1 Å². The van der Waals surface area contributed by atoms with Crippen molar-refractivity contribution < 1.29 is 4.74 Å². The zero-order valence-corrected chi connectivity index (χ0v) is 10.1. The van der Waals surface area contributed by atoms with Crippen molar-refractivity contribution in [3.05, 3.63) is 23.9 Å². The van der Waals surface area contributed by atoms with E-state index >= 15 is 0 Å². The molecule has 1 aromatic heterocycles. The lowest BCUT2D eigenvalue weighted by molar-refractivity contribution is 0.122. The highest BCUT2D eigenvalue weighted by Crippen LogP contribution is 2.16. The number of likely N-dealkylation sites (N-methyl/N-ethyl adjacent to an activating group) is 1.